The predicted octanol–water partition coefficient (Wildman–Crippen LogP) is 3.18. The largest absolute Gasteiger partial charge is 0.332 e. The van der Waals surface area contributed by atoms with Crippen LogP contribution < -0.4 is 5.32 Å². The van der Waals surface area contributed by atoms with E-state index in [1.54, 1.807) is 23.1 Å². The lowest BCUT2D eigenvalue weighted by atomic mass is 10.1. The Morgan fingerprint density at radius 2 is 1.85 bits per heavy atom. The highest BCUT2D eigenvalue weighted by Gasteiger charge is 2.42. The zero-order valence-corrected chi connectivity index (χ0v) is 16.7. The van der Waals surface area contributed by atoms with Gasteiger partial charge in [-0.2, -0.15) is 0 Å². The molecule has 1 heterocycles. The first kappa shape index (κ1) is 20.0. The van der Waals surface area contributed by atoms with E-state index in [1.165, 1.54) is 4.90 Å². The fourth-order valence-electron chi connectivity index (χ4n) is 3.38. The summed E-state index contributed by atoms with van der Waals surface area (Å²) in [6.45, 7) is 2.70. The summed E-state index contributed by atoms with van der Waals surface area (Å²) in [5, 5.41) is 3.34. The Labute approximate surface area is 168 Å². The van der Waals surface area contributed by atoms with Crippen LogP contribution >= 0.6 is 23.2 Å². The molecule has 1 aliphatic carbocycles. The molecule has 146 valence electrons. The lowest BCUT2D eigenvalue weighted by Crippen LogP contribution is -2.50. The normalized spacial score (nSPS) is 19.1. The van der Waals surface area contributed by atoms with Crippen LogP contribution in [-0.4, -0.2) is 53.2 Å². The molecule has 1 atom stereocenters. The molecular formula is C19H23Cl2N3O3. The van der Waals surface area contributed by atoms with Crippen molar-refractivity contribution in [2.24, 2.45) is 5.92 Å². The van der Waals surface area contributed by atoms with Gasteiger partial charge in [-0.25, -0.2) is 0 Å². The van der Waals surface area contributed by atoms with Gasteiger partial charge in [-0.1, -0.05) is 29.3 Å². The third kappa shape index (κ3) is 4.55. The lowest BCUT2D eigenvalue weighted by molar-refractivity contribution is -0.145. The first-order valence-electron chi connectivity index (χ1n) is 9.25. The molecule has 3 rings (SSSR count). The second-order valence-electron chi connectivity index (χ2n) is 6.96. The first-order chi connectivity index (χ1) is 12.9. The smallest absolute Gasteiger partial charge is 0.245 e. The van der Waals surface area contributed by atoms with Crippen molar-refractivity contribution in [2.45, 2.75) is 38.6 Å². The number of likely N-dealkylation sites (tertiary alicyclic amines) is 1. The molecule has 3 amide bonds. The summed E-state index contributed by atoms with van der Waals surface area (Å²) in [7, 11) is 0. The molecule has 2 fully saturated rings. The van der Waals surface area contributed by atoms with Crippen LogP contribution in [0.15, 0.2) is 18.2 Å². The van der Waals surface area contributed by atoms with E-state index < -0.39 is 6.04 Å². The van der Waals surface area contributed by atoms with E-state index >= 15 is 0 Å². The molecule has 0 aromatic heterocycles. The molecule has 0 radical (unpaired) electrons. The third-order valence-corrected chi connectivity index (χ3v) is 5.63. The summed E-state index contributed by atoms with van der Waals surface area (Å²) in [6.07, 6.45) is 3.28. The molecular weight excluding hydrogens is 389 g/mol. The van der Waals surface area contributed by atoms with Crippen LogP contribution in [0.2, 0.25) is 10.0 Å². The van der Waals surface area contributed by atoms with Gasteiger partial charge < -0.3 is 15.1 Å². The zero-order chi connectivity index (χ0) is 19.6. The molecule has 1 aliphatic heterocycles. The second-order valence-corrected chi connectivity index (χ2v) is 7.78. The van der Waals surface area contributed by atoms with Crippen molar-refractivity contribution in [3.8, 4) is 0 Å². The molecule has 6 nitrogen and oxygen atoms in total. The summed E-state index contributed by atoms with van der Waals surface area (Å²) in [4.78, 5) is 41.0. The van der Waals surface area contributed by atoms with E-state index in [2.05, 4.69) is 5.32 Å². The quantitative estimate of drug-likeness (QED) is 0.781. The Kier molecular flexibility index (Phi) is 6.27. The minimum absolute atomic E-state index is 0.0780. The third-order valence-electron chi connectivity index (χ3n) is 5.00. The van der Waals surface area contributed by atoms with Gasteiger partial charge in [-0.15, -0.1) is 0 Å². The van der Waals surface area contributed by atoms with Gasteiger partial charge in [0.05, 0.1) is 22.3 Å². The highest BCUT2D eigenvalue weighted by Crippen LogP contribution is 2.34. The average molecular weight is 412 g/mol. The van der Waals surface area contributed by atoms with Gasteiger partial charge in [0.1, 0.15) is 6.04 Å². The van der Waals surface area contributed by atoms with Crippen molar-refractivity contribution in [1.29, 1.82) is 0 Å². The highest BCUT2D eigenvalue weighted by atomic mass is 35.5. The Hall–Kier alpha value is -1.79. The van der Waals surface area contributed by atoms with Crippen LogP contribution in [-0.2, 0) is 14.4 Å². The molecule has 1 saturated carbocycles. The molecule has 2 aliphatic rings. The van der Waals surface area contributed by atoms with Crippen LogP contribution in [0.5, 0.6) is 0 Å². The van der Waals surface area contributed by atoms with Crippen LogP contribution in [0.1, 0.15) is 32.6 Å². The number of rotatable bonds is 6. The van der Waals surface area contributed by atoms with E-state index in [9.17, 15) is 14.4 Å². The van der Waals surface area contributed by atoms with Crippen molar-refractivity contribution < 1.29 is 14.4 Å². The van der Waals surface area contributed by atoms with Crippen LogP contribution in [0.25, 0.3) is 0 Å². The maximum absolute atomic E-state index is 13.0. The van der Waals surface area contributed by atoms with Gasteiger partial charge in [0, 0.05) is 19.0 Å². The predicted molar refractivity (Wildman–Crippen MR) is 105 cm³/mol. The van der Waals surface area contributed by atoms with Crippen molar-refractivity contribution in [3.05, 3.63) is 28.2 Å². The van der Waals surface area contributed by atoms with Crippen molar-refractivity contribution in [3.63, 3.8) is 0 Å². The number of para-hydroxylation sites is 1. The molecule has 1 saturated heterocycles. The minimum Gasteiger partial charge on any atom is -0.332 e. The van der Waals surface area contributed by atoms with Gasteiger partial charge in [-0.05, 0) is 44.7 Å². The van der Waals surface area contributed by atoms with E-state index in [0.29, 0.717) is 35.2 Å². The molecule has 1 aromatic carbocycles. The summed E-state index contributed by atoms with van der Waals surface area (Å²) < 4.78 is 0. The van der Waals surface area contributed by atoms with Gasteiger partial charge in [0.2, 0.25) is 17.7 Å². The maximum atomic E-state index is 13.0. The molecule has 0 spiro atoms. The van der Waals surface area contributed by atoms with Gasteiger partial charge in [0.15, 0.2) is 0 Å². The second kappa shape index (κ2) is 8.48. The summed E-state index contributed by atoms with van der Waals surface area (Å²) in [5.41, 5.74) is 0.334. The number of hydrogen-bond donors (Lipinski definition) is 1. The van der Waals surface area contributed by atoms with E-state index in [-0.39, 0.29) is 30.2 Å². The van der Waals surface area contributed by atoms with Gasteiger partial charge >= 0.3 is 0 Å². The monoisotopic (exact) mass is 411 g/mol. The number of nitrogens with one attached hydrogen (secondary N) is 1. The van der Waals surface area contributed by atoms with Gasteiger partial charge in [-0.3, -0.25) is 14.4 Å². The standard InChI is InChI=1S/C19H23Cl2N3O3/c1-2-23(11-16(25)22-17-13(20)5-3-6-14(17)21)19(27)15-7-4-10-24(15)18(26)12-8-9-12/h3,5-6,12,15H,2,4,7-11H2,1H3,(H,22,25). The fourth-order valence-corrected chi connectivity index (χ4v) is 3.87. The molecule has 1 N–H and O–H groups in total. The average Bonchev–Trinajstić information content (AvgIpc) is 3.38. The SMILES string of the molecule is CCN(CC(=O)Nc1c(Cl)cccc1Cl)C(=O)C1CCCN1C(=O)C1CC1. The fraction of sp³-hybridized carbons (Fsp3) is 0.526. The zero-order valence-electron chi connectivity index (χ0n) is 15.2. The first-order valence-corrected chi connectivity index (χ1v) is 10.0. The number of likely N-dealkylation sites (N-methyl/N-ethyl adjacent to an activating group) is 1. The molecule has 27 heavy (non-hydrogen) atoms. The molecule has 0 bridgehead atoms. The summed E-state index contributed by atoms with van der Waals surface area (Å²) in [6, 6.07) is 4.49. The van der Waals surface area contributed by atoms with Crippen LogP contribution in [0, 0.1) is 5.92 Å². The highest BCUT2D eigenvalue weighted by molar-refractivity contribution is 6.39. The molecule has 1 aromatic rings. The molecule has 1 unspecified atom stereocenters. The minimum atomic E-state index is -0.463. The number of amides is 3. The van der Waals surface area contributed by atoms with Crippen molar-refractivity contribution >= 4 is 46.6 Å². The Morgan fingerprint density at radius 1 is 1.19 bits per heavy atom. The van der Waals surface area contributed by atoms with Crippen molar-refractivity contribution in [2.75, 3.05) is 25.0 Å². The topological polar surface area (TPSA) is 69.7 Å². The Bertz CT molecular complexity index is 731. The van der Waals surface area contributed by atoms with Crippen LogP contribution in [0.3, 0.4) is 0 Å². The number of benzene rings is 1. The number of anilines is 1. The Morgan fingerprint density at radius 3 is 2.44 bits per heavy atom. The van der Waals surface area contributed by atoms with E-state index in [1.807, 2.05) is 6.92 Å². The number of halogens is 2. The number of carbonyl (C=O) groups excluding carboxylic acids is 3. The van der Waals surface area contributed by atoms with Crippen molar-refractivity contribution in [1.82, 2.24) is 9.80 Å². The lowest BCUT2D eigenvalue weighted by Gasteiger charge is -2.29. The summed E-state index contributed by atoms with van der Waals surface area (Å²) in [5.74, 6) is -0.393. The van der Waals surface area contributed by atoms with E-state index in [0.717, 1.165) is 19.3 Å². The van der Waals surface area contributed by atoms with E-state index in [4.69, 9.17) is 23.2 Å². The maximum Gasteiger partial charge on any atom is 0.245 e. The Balaban J connectivity index is 1.64. The number of nitrogens with zero attached hydrogens (tertiary/aromatic N) is 2. The number of hydrogen-bond acceptors (Lipinski definition) is 3. The molecule has 8 heteroatoms. The van der Waals surface area contributed by atoms with Gasteiger partial charge in [0.25, 0.3) is 0 Å². The summed E-state index contributed by atoms with van der Waals surface area (Å²) >= 11 is 12.2. The number of carbonyl (C=O) groups is 3. The van der Waals surface area contributed by atoms with Crippen LogP contribution in [0.4, 0.5) is 5.69 Å².